The number of H-pyrrole nitrogens is 1. The van der Waals surface area contributed by atoms with Crippen LogP contribution in [0.25, 0.3) is 22.7 Å². The topological polar surface area (TPSA) is 96.6 Å². The lowest BCUT2D eigenvalue weighted by atomic mass is 10.1. The number of rotatable bonds is 5. The molecule has 0 aliphatic carbocycles. The molecule has 0 fully saturated rings. The highest BCUT2D eigenvalue weighted by molar-refractivity contribution is 5.90. The second-order valence-electron chi connectivity index (χ2n) is 5.91. The van der Waals surface area contributed by atoms with E-state index in [1.54, 1.807) is 10.8 Å². The molecule has 0 saturated heterocycles. The number of hydrogen-bond acceptors (Lipinski definition) is 5. The smallest absolute Gasteiger partial charge is 0.307 e. The van der Waals surface area contributed by atoms with Crippen LogP contribution in [0.15, 0.2) is 24.3 Å². The Morgan fingerprint density at radius 3 is 2.85 bits per heavy atom. The molecule has 0 spiro atoms. The van der Waals surface area contributed by atoms with E-state index in [9.17, 15) is 10.1 Å². The first-order valence-corrected chi connectivity index (χ1v) is 8.21. The second-order valence-corrected chi connectivity index (χ2v) is 5.91. The number of hydrogen-bond donors (Lipinski definition) is 1. The summed E-state index contributed by atoms with van der Waals surface area (Å²) in [6.45, 7) is 4.22. The van der Waals surface area contributed by atoms with Crippen LogP contribution in [0.2, 0.25) is 0 Å². The van der Waals surface area contributed by atoms with Crippen molar-refractivity contribution in [3.8, 4) is 6.07 Å². The monoisotopic (exact) mass is 349 g/mol. The summed E-state index contributed by atoms with van der Waals surface area (Å²) in [6.07, 6.45) is 2.03. The van der Waals surface area contributed by atoms with E-state index in [2.05, 4.69) is 25.9 Å². The number of carbonyl (C=O) groups is 1. The van der Waals surface area contributed by atoms with E-state index >= 15 is 0 Å². The molecule has 0 amide bonds. The van der Waals surface area contributed by atoms with E-state index in [-0.39, 0.29) is 12.4 Å². The first-order chi connectivity index (χ1) is 12.5. The number of ether oxygens (including phenoxy) is 1. The molecule has 3 aromatic rings. The normalized spacial score (nSPS) is 11.5. The summed E-state index contributed by atoms with van der Waals surface area (Å²) >= 11 is 0. The summed E-state index contributed by atoms with van der Waals surface area (Å²) in [5, 5.41) is 14.1. The summed E-state index contributed by atoms with van der Waals surface area (Å²) in [5.74, 6) is 0.240. The number of imidazole rings is 1. The molecule has 7 heteroatoms. The average molecular weight is 349 g/mol. The summed E-state index contributed by atoms with van der Waals surface area (Å²) in [7, 11) is 1.37. The maximum absolute atomic E-state index is 11.4. The number of methoxy groups -OCH3 is 1. The molecule has 1 N–H and O–H groups in total. The van der Waals surface area contributed by atoms with E-state index in [0.717, 1.165) is 28.0 Å². The second kappa shape index (κ2) is 7.23. The van der Waals surface area contributed by atoms with Gasteiger partial charge in [-0.1, -0.05) is 12.1 Å². The van der Waals surface area contributed by atoms with Crippen molar-refractivity contribution in [2.75, 3.05) is 7.11 Å². The third-order valence-corrected chi connectivity index (χ3v) is 4.25. The van der Waals surface area contributed by atoms with Crippen molar-refractivity contribution in [3.63, 3.8) is 0 Å². The van der Waals surface area contributed by atoms with Gasteiger partial charge in [-0.25, -0.2) is 4.98 Å². The maximum Gasteiger partial charge on any atom is 0.307 e. The number of aromatic nitrogens is 4. The summed E-state index contributed by atoms with van der Waals surface area (Å²) in [5.41, 5.74) is 4.65. The number of para-hydroxylation sites is 2. The van der Waals surface area contributed by atoms with Gasteiger partial charge in [0.15, 0.2) is 0 Å². The molecular weight excluding hydrogens is 330 g/mol. The first-order valence-electron chi connectivity index (χ1n) is 8.21. The quantitative estimate of drug-likeness (QED) is 0.564. The van der Waals surface area contributed by atoms with E-state index < -0.39 is 0 Å². The number of aryl methyl sites for hydroxylation is 2. The van der Waals surface area contributed by atoms with Gasteiger partial charge in [0, 0.05) is 11.3 Å². The largest absolute Gasteiger partial charge is 0.469 e. The van der Waals surface area contributed by atoms with Gasteiger partial charge < -0.3 is 9.72 Å². The average Bonchev–Trinajstić information content (AvgIpc) is 3.19. The number of carbonyl (C=O) groups excluding carboxylic acids is 1. The fraction of sp³-hybridized carbons (Fsp3) is 0.263. The van der Waals surface area contributed by atoms with Gasteiger partial charge in [0.05, 0.1) is 42.4 Å². The molecule has 26 heavy (non-hydrogen) atoms. The highest BCUT2D eigenvalue weighted by atomic mass is 16.5. The fourth-order valence-corrected chi connectivity index (χ4v) is 2.81. The van der Waals surface area contributed by atoms with Crippen molar-refractivity contribution in [2.45, 2.75) is 26.8 Å². The molecule has 0 radical (unpaired) electrons. The predicted molar refractivity (Wildman–Crippen MR) is 97.9 cm³/mol. The minimum Gasteiger partial charge on any atom is -0.469 e. The van der Waals surface area contributed by atoms with E-state index in [1.807, 2.05) is 38.1 Å². The van der Waals surface area contributed by atoms with Crippen LogP contribution in [-0.2, 0) is 16.1 Å². The molecule has 0 aliphatic heterocycles. The Morgan fingerprint density at radius 1 is 1.38 bits per heavy atom. The van der Waals surface area contributed by atoms with Crippen LogP contribution in [0.1, 0.15) is 29.2 Å². The Kier molecular flexibility index (Phi) is 4.85. The number of esters is 1. The van der Waals surface area contributed by atoms with Crippen molar-refractivity contribution < 1.29 is 9.53 Å². The summed E-state index contributed by atoms with van der Waals surface area (Å²) in [4.78, 5) is 19.0. The van der Waals surface area contributed by atoms with Crippen molar-refractivity contribution in [2.24, 2.45) is 0 Å². The van der Waals surface area contributed by atoms with E-state index in [4.69, 9.17) is 0 Å². The molecule has 7 nitrogen and oxygen atoms in total. The molecule has 0 atom stereocenters. The van der Waals surface area contributed by atoms with Crippen LogP contribution in [0.3, 0.4) is 0 Å². The molecule has 0 aliphatic rings. The molecule has 1 aromatic carbocycles. The van der Waals surface area contributed by atoms with Gasteiger partial charge >= 0.3 is 5.97 Å². The van der Waals surface area contributed by atoms with Crippen LogP contribution >= 0.6 is 0 Å². The van der Waals surface area contributed by atoms with Crippen LogP contribution in [0, 0.1) is 25.2 Å². The fourth-order valence-electron chi connectivity index (χ4n) is 2.81. The van der Waals surface area contributed by atoms with Crippen molar-refractivity contribution in [1.29, 1.82) is 5.26 Å². The van der Waals surface area contributed by atoms with E-state index in [0.29, 0.717) is 17.9 Å². The molecule has 2 aromatic heterocycles. The zero-order valence-corrected chi connectivity index (χ0v) is 14.9. The zero-order chi connectivity index (χ0) is 18.7. The third-order valence-electron chi connectivity index (χ3n) is 4.25. The molecule has 2 heterocycles. The van der Waals surface area contributed by atoms with Gasteiger partial charge in [-0.3, -0.25) is 9.48 Å². The Bertz CT molecular complexity index is 1000. The number of nitriles is 1. The minimum atomic E-state index is -0.283. The minimum absolute atomic E-state index is 0.246. The standard InChI is InChI=1S/C19H19N5O2/c1-12-15(13(2)24(23-12)9-8-18(25)26-3)10-14(11-20)19-21-16-6-4-5-7-17(16)22-19/h4-7,10H,8-9H2,1-3H3,(H,21,22). The molecular formula is C19H19N5O2. The maximum atomic E-state index is 11.4. The van der Waals surface area contributed by atoms with Gasteiger partial charge in [0.25, 0.3) is 0 Å². The molecule has 0 saturated carbocycles. The highest BCUT2D eigenvalue weighted by Crippen LogP contribution is 2.22. The van der Waals surface area contributed by atoms with Crippen molar-refractivity contribution in [3.05, 3.63) is 47.0 Å². The molecule has 0 bridgehead atoms. The lowest BCUT2D eigenvalue weighted by molar-refractivity contribution is -0.140. The van der Waals surface area contributed by atoms with Crippen LogP contribution in [0.4, 0.5) is 0 Å². The SMILES string of the molecule is COC(=O)CCn1nc(C)c(C=C(C#N)c2nc3ccccc3[nH]2)c1C. The number of nitrogens with zero attached hydrogens (tertiary/aromatic N) is 4. The van der Waals surface area contributed by atoms with E-state index in [1.165, 1.54) is 7.11 Å². The number of aromatic amines is 1. The third kappa shape index (κ3) is 3.35. The lowest BCUT2D eigenvalue weighted by Gasteiger charge is -2.03. The van der Waals surface area contributed by atoms with Crippen molar-refractivity contribution >= 4 is 28.7 Å². The summed E-state index contributed by atoms with van der Waals surface area (Å²) in [6, 6.07) is 9.84. The molecule has 0 unspecified atom stereocenters. The van der Waals surface area contributed by atoms with Crippen molar-refractivity contribution in [1.82, 2.24) is 19.7 Å². The van der Waals surface area contributed by atoms with Gasteiger partial charge in [-0.05, 0) is 32.1 Å². The van der Waals surface area contributed by atoms with Crippen LogP contribution < -0.4 is 0 Å². The van der Waals surface area contributed by atoms with Gasteiger partial charge in [0.1, 0.15) is 11.9 Å². The van der Waals surface area contributed by atoms with Gasteiger partial charge in [-0.2, -0.15) is 10.4 Å². The molecule has 132 valence electrons. The highest BCUT2D eigenvalue weighted by Gasteiger charge is 2.14. The Morgan fingerprint density at radius 2 is 2.15 bits per heavy atom. The Balaban J connectivity index is 1.95. The summed E-state index contributed by atoms with van der Waals surface area (Å²) < 4.78 is 6.43. The lowest BCUT2D eigenvalue weighted by Crippen LogP contribution is -2.09. The molecule has 3 rings (SSSR count). The number of fused-ring (bicyclic) bond motifs is 1. The van der Waals surface area contributed by atoms with Crippen LogP contribution in [-0.4, -0.2) is 32.8 Å². The number of benzene rings is 1. The predicted octanol–water partition coefficient (Wildman–Crippen LogP) is 3.00. The van der Waals surface area contributed by atoms with Gasteiger partial charge in [0.2, 0.25) is 0 Å². The van der Waals surface area contributed by atoms with Crippen LogP contribution in [0.5, 0.6) is 0 Å². The number of nitrogens with one attached hydrogen (secondary N) is 1. The van der Waals surface area contributed by atoms with Gasteiger partial charge in [-0.15, -0.1) is 0 Å². The zero-order valence-electron chi connectivity index (χ0n) is 14.9. The first kappa shape index (κ1) is 17.4. The number of allylic oxidation sites excluding steroid dienone is 1. The Labute approximate surface area is 150 Å². The Hall–Kier alpha value is -3.40.